The molecular formula is C14H20N4O2S2. The maximum atomic E-state index is 12.1. The summed E-state index contributed by atoms with van der Waals surface area (Å²) >= 11 is 1.49. The Labute approximate surface area is 134 Å². The topological polar surface area (TPSA) is 68.1 Å². The smallest absolute Gasteiger partial charge is 0.211 e. The Bertz CT molecular complexity index is 740. The van der Waals surface area contributed by atoms with E-state index in [1.165, 1.54) is 21.9 Å². The van der Waals surface area contributed by atoms with Crippen LogP contribution in [0.2, 0.25) is 0 Å². The number of imidazole rings is 1. The molecule has 22 heavy (non-hydrogen) atoms. The molecule has 0 aliphatic carbocycles. The normalized spacial score (nSPS) is 15.2. The van der Waals surface area contributed by atoms with Crippen LogP contribution in [-0.4, -0.2) is 33.5 Å². The van der Waals surface area contributed by atoms with Crippen LogP contribution in [0.25, 0.3) is 0 Å². The van der Waals surface area contributed by atoms with Crippen molar-refractivity contribution in [3.05, 3.63) is 33.8 Å². The van der Waals surface area contributed by atoms with E-state index in [1.807, 2.05) is 18.5 Å². The first-order valence-corrected chi connectivity index (χ1v) is 10.1. The fraction of sp³-hybridized carbons (Fsp3) is 0.571. The zero-order chi connectivity index (χ0) is 15.7. The van der Waals surface area contributed by atoms with Gasteiger partial charge in [0.15, 0.2) is 0 Å². The fourth-order valence-electron chi connectivity index (χ4n) is 2.65. The molecule has 120 valence electrons. The van der Waals surface area contributed by atoms with Crippen LogP contribution in [0.5, 0.6) is 0 Å². The van der Waals surface area contributed by atoms with E-state index in [4.69, 9.17) is 0 Å². The third-order valence-corrected chi connectivity index (χ3v) is 5.89. The second-order valence-electron chi connectivity index (χ2n) is 5.71. The lowest BCUT2D eigenvalue weighted by Gasteiger charge is -2.17. The van der Waals surface area contributed by atoms with Gasteiger partial charge in [0, 0.05) is 30.2 Å². The van der Waals surface area contributed by atoms with Crippen molar-refractivity contribution in [2.24, 2.45) is 0 Å². The maximum Gasteiger partial charge on any atom is 0.211 e. The van der Waals surface area contributed by atoms with E-state index < -0.39 is 10.0 Å². The number of thiazole rings is 1. The Hall–Kier alpha value is -1.25. The van der Waals surface area contributed by atoms with Gasteiger partial charge in [-0.1, -0.05) is 0 Å². The van der Waals surface area contributed by atoms with Crippen LogP contribution in [0.1, 0.15) is 35.1 Å². The van der Waals surface area contributed by atoms with Crippen molar-refractivity contribution in [2.45, 2.75) is 45.8 Å². The molecule has 0 radical (unpaired) electrons. The molecule has 0 atom stereocenters. The zero-order valence-electron chi connectivity index (χ0n) is 12.8. The third kappa shape index (κ3) is 3.56. The summed E-state index contributed by atoms with van der Waals surface area (Å²) < 4.78 is 27.7. The Morgan fingerprint density at radius 1 is 1.32 bits per heavy atom. The molecule has 3 heterocycles. The minimum absolute atomic E-state index is 0.303. The largest absolute Gasteiger partial charge is 0.335 e. The van der Waals surface area contributed by atoms with Gasteiger partial charge in [0.2, 0.25) is 10.0 Å². The molecule has 8 heteroatoms. The lowest BCUT2D eigenvalue weighted by Crippen LogP contribution is -2.29. The van der Waals surface area contributed by atoms with Crippen molar-refractivity contribution in [1.82, 2.24) is 18.8 Å². The van der Waals surface area contributed by atoms with Gasteiger partial charge in [-0.25, -0.2) is 18.4 Å². The number of aromatic nitrogens is 3. The predicted molar refractivity (Wildman–Crippen MR) is 86.1 cm³/mol. The summed E-state index contributed by atoms with van der Waals surface area (Å²) in [7, 11) is -3.30. The summed E-state index contributed by atoms with van der Waals surface area (Å²) in [6.07, 6.45) is 6.52. The minimum Gasteiger partial charge on any atom is -0.335 e. The van der Waals surface area contributed by atoms with E-state index in [0.717, 1.165) is 48.0 Å². The van der Waals surface area contributed by atoms with E-state index in [0.29, 0.717) is 13.1 Å². The Balaban J connectivity index is 1.79. The van der Waals surface area contributed by atoms with Gasteiger partial charge in [0.1, 0.15) is 10.8 Å². The molecule has 3 rings (SSSR count). The van der Waals surface area contributed by atoms with Gasteiger partial charge in [-0.2, -0.15) is 4.31 Å². The second kappa shape index (κ2) is 6.10. The predicted octanol–water partition coefficient (Wildman–Crippen LogP) is 1.95. The van der Waals surface area contributed by atoms with Crippen molar-refractivity contribution in [2.75, 3.05) is 6.26 Å². The first-order chi connectivity index (χ1) is 10.4. The summed E-state index contributed by atoms with van der Waals surface area (Å²) in [5.74, 6) is 1.07. The van der Waals surface area contributed by atoms with Gasteiger partial charge in [0.05, 0.1) is 25.0 Å². The van der Waals surface area contributed by atoms with E-state index >= 15 is 0 Å². The number of aryl methyl sites for hydroxylation is 3. The number of sulfonamides is 1. The van der Waals surface area contributed by atoms with E-state index in [2.05, 4.69) is 14.5 Å². The number of hydrogen-bond acceptors (Lipinski definition) is 5. The molecule has 0 spiro atoms. The van der Waals surface area contributed by atoms with Crippen molar-refractivity contribution in [3.63, 3.8) is 0 Å². The summed E-state index contributed by atoms with van der Waals surface area (Å²) in [4.78, 5) is 8.95. The Morgan fingerprint density at radius 3 is 2.77 bits per heavy atom. The molecule has 0 unspecified atom stereocenters. The second-order valence-corrected chi connectivity index (χ2v) is 8.64. The number of fused-ring (bicyclic) bond motifs is 1. The standard InChI is InChI=1S/C14H20N4O2S2/c1-11-10-21-14(15-11)9-18(22(2,19)20)8-12-7-17-6-4-3-5-13(17)16-12/h7,10H,3-6,8-9H2,1-2H3. The van der Waals surface area contributed by atoms with E-state index in [1.54, 1.807) is 0 Å². The monoisotopic (exact) mass is 340 g/mol. The van der Waals surface area contributed by atoms with E-state index in [-0.39, 0.29) is 0 Å². The Kier molecular flexibility index (Phi) is 4.33. The van der Waals surface area contributed by atoms with Crippen molar-refractivity contribution in [1.29, 1.82) is 0 Å². The molecule has 2 aromatic heterocycles. The first kappa shape index (κ1) is 15.6. The lowest BCUT2D eigenvalue weighted by atomic mass is 10.2. The van der Waals surface area contributed by atoms with Gasteiger partial charge < -0.3 is 4.57 Å². The van der Waals surface area contributed by atoms with Crippen molar-refractivity contribution in [3.8, 4) is 0 Å². The molecular weight excluding hydrogens is 320 g/mol. The Morgan fingerprint density at radius 2 is 2.14 bits per heavy atom. The van der Waals surface area contributed by atoms with Gasteiger partial charge in [-0.05, 0) is 19.8 Å². The highest BCUT2D eigenvalue weighted by atomic mass is 32.2. The fourth-order valence-corrected chi connectivity index (χ4v) is 4.24. The zero-order valence-corrected chi connectivity index (χ0v) is 14.5. The van der Waals surface area contributed by atoms with Gasteiger partial charge in [-0.3, -0.25) is 0 Å². The van der Waals surface area contributed by atoms with Crippen LogP contribution in [0.4, 0.5) is 0 Å². The number of hydrogen-bond donors (Lipinski definition) is 0. The first-order valence-electron chi connectivity index (χ1n) is 7.33. The molecule has 0 aromatic carbocycles. The van der Waals surface area contributed by atoms with Crippen LogP contribution in [0, 0.1) is 6.92 Å². The molecule has 0 bridgehead atoms. The molecule has 0 amide bonds. The third-order valence-electron chi connectivity index (χ3n) is 3.74. The molecule has 0 saturated carbocycles. The number of rotatable bonds is 5. The van der Waals surface area contributed by atoms with E-state index in [9.17, 15) is 8.42 Å². The molecule has 0 saturated heterocycles. The van der Waals surface area contributed by atoms with Crippen molar-refractivity contribution < 1.29 is 8.42 Å². The van der Waals surface area contributed by atoms with Crippen LogP contribution in [0.15, 0.2) is 11.6 Å². The molecule has 1 aliphatic heterocycles. The summed E-state index contributed by atoms with van der Waals surface area (Å²) in [6.45, 7) is 3.50. The average Bonchev–Trinajstić information content (AvgIpc) is 3.02. The molecule has 0 fully saturated rings. The van der Waals surface area contributed by atoms with Crippen LogP contribution >= 0.6 is 11.3 Å². The van der Waals surface area contributed by atoms with Gasteiger partial charge in [-0.15, -0.1) is 11.3 Å². The highest BCUT2D eigenvalue weighted by molar-refractivity contribution is 7.88. The van der Waals surface area contributed by atoms with Crippen LogP contribution < -0.4 is 0 Å². The highest BCUT2D eigenvalue weighted by Crippen LogP contribution is 2.19. The summed E-state index contributed by atoms with van der Waals surface area (Å²) in [5.41, 5.74) is 1.74. The number of nitrogens with zero attached hydrogens (tertiary/aromatic N) is 4. The van der Waals surface area contributed by atoms with Gasteiger partial charge >= 0.3 is 0 Å². The maximum absolute atomic E-state index is 12.1. The minimum atomic E-state index is -3.30. The molecule has 1 aliphatic rings. The van der Waals surface area contributed by atoms with Crippen LogP contribution in [0.3, 0.4) is 0 Å². The molecule has 0 N–H and O–H groups in total. The average molecular weight is 340 g/mol. The van der Waals surface area contributed by atoms with Crippen LogP contribution in [-0.2, 0) is 36.1 Å². The lowest BCUT2D eigenvalue weighted by molar-refractivity contribution is 0.400. The summed E-state index contributed by atoms with van der Waals surface area (Å²) in [5, 5.41) is 2.75. The molecule has 2 aromatic rings. The molecule has 6 nitrogen and oxygen atoms in total. The van der Waals surface area contributed by atoms with Gasteiger partial charge in [0.25, 0.3) is 0 Å². The van der Waals surface area contributed by atoms with Crippen molar-refractivity contribution >= 4 is 21.4 Å². The quantitative estimate of drug-likeness (QED) is 0.834. The SMILES string of the molecule is Cc1csc(CN(Cc2cn3c(n2)CCCC3)S(C)(=O)=O)n1. The highest BCUT2D eigenvalue weighted by Gasteiger charge is 2.21. The summed E-state index contributed by atoms with van der Waals surface area (Å²) in [6, 6.07) is 0.